The molecule has 1 aliphatic rings. The van der Waals surface area contributed by atoms with Crippen LogP contribution >= 0.6 is 11.3 Å². The number of hydrogen-bond acceptors (Lipinski definition) is 3. The van der Waals surface area contributed by atoms with E-state index in [1.807, 2.05) is 5.38 Å². The largest absolute Gasteiger partial charge is 0.392 e. The average Bonchev–Trinajstić information content (AvgIpc) is 2.95. The van der Waals surface area contributed by atoms with Gasteiger partial charge in [0.05, 0.1) is 12.0 Å². The summed E-state index contributed by atoms with van der Waals surface area (Å²) in [5.74, 6) is 0.158. The van der Waals surface area contributed by atoms with E-state index in [0.29, 0.717) is 12.5 Å². The molecular formula is C13H19NO2S. The third-order valence-electron chi connectivity index (χ3n) is 3.51. The molecule has 1 saturated carbocycles. The van der Waals surface area contributed by atoms with Crippen LogP contribution in [0, 0.1) is 5.92 Å². The average molecular weight is 253 g/mol. The van der Waals surface area contributed by atoms with Gasteiger partial charge in [-0.05, 0) is 47.6 Å². The molecule has 0 saturated heterocycles. The second-order valence-electron chi connectivity index (χ2n) is 4.81. The number of aliphatic hydroxyl groups is 1. The van der Waals surface area contributed by atoms with E-state index in [-0.39, 0.29) is 11.8 Å². The van der Waals surface area contributed by atoms with E-state index in [1.54, 1.807) is 11.3 Å². The van der Waals surface area contributed by atoms with Gasteiger partial charge in [0, 0.05) is 6.54 Å². The maximum Gasteiger partial charge on any atom is 0.225 e. The number of hydrogen-bond donors (Lipinski definition) is 2. The second-order valence-corrected chi connectivity index (χ2v) is 5.59. The molecule has 0 bridgehead atoms. The maximum absolute atomic E-state index is 11.9. The Hall–Kier alpha value is -0.870. The van der Waals surface area contributed by atoms with Crippen molar-refractivity contribution >= 4 is 17.2 Å². The zero-order valence-electron chi connectivity index (χ0n) is 10.1. The van der Waals surface area contributed by atoms with E-state index in [4.69, 9.17) is 0 Å². The third kappa shape index (κ3) is 3.07. The number of rotatable bonds is 4. The van der Waals surface area contributed by atoms with Crippen LogP contribution in [0.15, 0.2) is 16.8 Å². The lowest BCUT2D eigenvalue weighted by Crippen LogP contribution is -2.36. The molecule has 17 heavy (non-hydrogen) atoms. The van der Waals surface area contributed by atoms with Crippen molar-refractivity contribution in [3.05, 3.63) is 22.4 Å². The fourth-order valence-electron chi connectivity index (χ4n) is 2.30. The highest BCUT2D eigenvalue weighted by atomic mass is 32.1. The summed E-state index contributed by atoms with van der Waals surface area (Å²) in [6.45, 7) is 2.76. The van der Waals surface area contributed by atoms with Crippen LogP contribution in [-0.2, 0) is 4.79 Å². The van der Waals surface area contributed by atoms with Gasteiger partial charge in [-0.25, -0.2) is 0 Å². The molecule has 0 aromatic carbocycles. The molecule has 1 amide bonds. The molecule has 1 aromatic heterocycles. The van der Waals surface area contributed by atoms with E-state index in [0.717, 1.165) is 19.3 Å². The minimum Gasteiger partial charge on any atom is -0.392 e. The van der Waals surface area contributed by atoms with Crippen LogP contribution in [0.1, 0.15) is 37.7 Å². The first-order valence-electron chi connectivity index (χ1n) is 6.16. The van der Waals surface area contributed by atoms with Crippen LogP contribution in [0.2, 0.25) is 0 Å². The molecule has 3 nitrogen and oxygen atoms in total. The summed E-state index contributed by atoms with van der Waals surface area (Å²) in [6.07, 6.45) is 2.10. The van der Waals surface area contributed by atoms with Gasteiger partial charge >= 0.3 is 0 Å². The third-order valence-corrected chi connectivity index (χ3v) is 4.21. The Morgan fingerprint density at radius 2 is 2.47 bits per heavy atom. The van der Waals surface area contributed by atoms with Crippen LogP contribution in [-0.4, -0.2) is 23.7 Å². The van der Waals surface area contributed by atoms with Crippen molar-refractivity contribution in [1.29, 1.82) is 0 Å². The van der Waals surface area contributed by atoms with Gasteiger partial charge in [-0.3, -0.25) is 4.79 Å². The van der Waals surface area contributed by atoms with Crippen molar-refractivity contribution < 1.29 is 9.90 Å². The molecular weight excluding hydrogens is 234 g/mol. The van der Waals surface area contributed by atoms with Crippen molar-refractivity contribution in [3.8, 4) is 0 Å². The minimum absolute atomic E-state index is 0.0112. The van der Waals surface area contributed by atoms with E-state index in [9.17, 15) is 9.90 Å². The lowest BCUT2D eigenvalue weighted by molar-refractivity contribution is -0.127. The van der Waals surface area contributed by atoms with E-state index >= 15 is 0 Å². The highest BCUT2D eigenvalue weighted by Crippen LogP contribution is 2.25. The van der Waals surface area contributed by atoms with Gasteiger partial charge in [-0.1, -0.05) is 6.92 Å². The first-order valence-corrected chi connectivity index (χ1v) is 7.10. The fraction of sp³-hybridized carbons (Fsp3) is 0.615. The van der Waals surface area contributed by atoms with Crippen LogP contribution in [0.25, 0.3) is 0 Å². The SMILES string of the molecule is CC(CNC(=O)C1CCCC1O)c1ccsc1. The summed E-state index contributed by atoms with van der Waals surface area (Å²) in [5.41, 5.74) is 1.27. The zero-order chi connectivity index (χ0) is 12.3. The molecule has 94 valence electrons. The predicted octanol–water partition coefficient (Wildman–Crippen LogP) is 2.13. The van der Waals surface area contributed by atoms with Gasteiger partial charge < -0.3 is 10.4 Å². The molecule has 3 unspecified atom stereocenters. The Balaban J connectivity index is 1.80. The Morgan fingerprint density at radius 1 is 1.65 bits per heavy atom. The van der Waals surface area contributed by atoms with Crippen LogP contribution < -0.4 is 5.32 Å². The lowest BCUT2D eigenvalue weighted by atomic mass is 10.0. The van der Waals surface area contributed by atoms with Crippen molar-refractivity contribution in [2.75, 3.05) is 6.54 Å². The number of nitrogens with one attached hydrogen (secondary N) is 1. The first-order chi connectivity index (χ1) is 8.18. The number of amides is 1. The smallest absolute Gasteiger partial charge is 0.225 e. The molecule has 1 aliphatic carbocycles. The van der Waals surface area contributed by atoms with Gasteiger partial charge in [0.2, 0.25) is 5.91 Å². The Bertz CT molecular complexity index is 364. The molecule has 1 aromatic rings. The Morgan fingerprint density at radius 3 is 3.06 bits per heavy atom. The standard InChI is InChI=1S/C13H19NO2S/c1-9(10-5-6-17-8-10)7-14-13(16)11-3-2-4-12(11)15/h5-6,8-9,11-12,15H,2-4,7H2,1H3,(H,14,16). The number of carbonyl (C=O) groups is 1. The fourth-order valence-corrected chi connectivity index (χ4v) is 3.09. The summed E-state index contributed by atoms with van der Waals surface area (Å²) in [6, 6.07) is 2.09. The first kappa shape index (κ1) is 12.6. The van der Waals surface area contributed by atoms with Crippen molar-refractivity contribution in [2.45, 2.75) is 38.2 Å². The molecule has 4 heteroatoms. The highest BCUT2D eigenvalue weighted by molar-refractivity contribution is 7.07. The topological polar surface area (TPSA) is 49.3 Å². The lowest BCUT2D eigenvalue weighted by Gasteiger charge is -2.16. The van der Waals surface area contributed by atoms with Gasteiger partial charge in [-0.2, -0.15) is 11.3 Å². The predicted molar refractivity (Wildman–Crippen MR) is 69.1 cm³/mol. The van der Waals surface area contributed by atoms with Crippen LogP contribution in [0.3, 0.4) is 0 Å². The highest BCUT2D eigenvalue weighted by Gasteiger charge is 2.31. The van der Waals surface area contributed by atoms with Crippen LogP contribution in [0.4, 0.5) is 0 Å². The molecule has 0 spiro atoms. The number of aliphatic hydroxyl groups excluding tert-OH is 1. The number of carbonyl (C=O) groups excluding carboxylic acids is 1. The summed E-state index contributed by atoms with van der Waals surface area (Å²) in [4.78, 5) is 11.9. The van der Waals surface area contributed by atoms with Crippen molar-refractivity contribution in [2.24, 2.45) is 5.92 Å². The quantitative estimate of drug-likeness (QED) is 0.863. The molecule has 1 heterocycles. The number of thiophene rings is 1. The van der Waals surface area contributed by atoms with Gasteiger partial charge in [-0.15, -0.1) is 0 Å². The normalized spacial score (nSPS) is 25.8. The Labute approximate surface area is 106 Å². The van der Waals surface area contributed by atoms with Gasteiger partial charge in [0.25, 0.3) is 0 Å². The molecule has 1 fully saturated rings. The summed E-state index contributed by atoms with van der Waals surface area (Å²) < 4.78 is 0. The Kier molecular flexibility index (Phi) is 4.18. The maximum atomic E-state index is 11.9. The molecule has 0 radical (unpaired) electrons. The van der Waals surface area contributed by atoms with Crippen molar-refractivity contribution in [3.63, 3.8) is 0 Å². The monoisotopic (exact) mass is 253 g/mol. The van der Waals surface area contributed by atoms with Gasteiger partial charge in [0.15, 0.2) is 0 Å². The van der Waals surface area contributed by atoms with Gasteiger partial charge in [0.1, 0.15) is 0 Å². The van der Waals surface area contributed by atoms with E-state index < -0.39 is 6.10 Å². The molecule has 3 atom stereocenters. The van der Waals surface area contributed by atoms with Crippen molar-refractivity contribution in [1.82, 2.24) is 5.32 Å². The minimum atomic E-state index is -0.438. The van der Waals surface area contributed by atoms with E-state index in [2.05, 4.69) is 23.7 Å². The molecule has 0 aliphatic heterocycles. The summed E-state index contributed by atoms with van der Waals surface area (Å²) >= 11 is 1.68. The summed E-state index contributed by atoms with van der Waals surface area (Å²) in [7, 11) is 0. The summed E-state index contributed by atoms with van der Waals surface area (Å²) in [5, 5.41) is 16.8. The second kappa shape index (κ2) is 5.65. The van der Waals surface area contributed by atoms with Crippen LogP contribution in [0.5, 0.6) is 0 Å². The zero-order valence-corrected chi connectivity index (χ0v) is 10.9. The molecule has 2 rings (SSSR count). The molecule has 2 N–H and O–H groups in total. The van der Waals surface area contributed by atoms with E-state index in [1.165, 1.54) is 5.56 Å².